The van der Waals surface area contributed by atoms with Crippen LogP contribution in [0.15, 0.2) is 29.1 Å². The summed E-state index contributed by atoms with van der Waals surface area (Å²) >= 11 is 1.61. The van der Waals surface area contributed by atoms with Gasteiger partial charge in [-0.05, 0) is 71.4 Å². The molecule has 1 aliphatic rings. The van der Waals surface area contributed by atoms with Gasteiger partial charge in [-0.3, -0.25) is 9.36 Å². The molecule has 1 aromatic carbocycles. The van der Waals surface area contributed by atoms with Crippen LogP contribution in [0.1, 0.15) is 36.5 Å². The van der Waals surface area contributed by atoms with Crippen LogP contribution in [0.5, 0.6) is 5.75 Å². The lowest BCUT2D eigenvalue weighted by Gasteiger charge is -2.31. The summed E-state index contributed by atoms with van der Waals surface area (Å²) in [4.78, 5) is 22.7. The van der Waals surface area contributed by atoms with Gasteiger partial charge in [0.15, 0.2) is 0 Å². The molecule has 0 radical (unpaired) electrons. The van der Waals surface area contributed by atoms with Crippen molar-refractivity contribution in [1.29, 1.82) is 0 Å². The first-order valence-corrected chi connectivity index (χ1v) is 10.7. The lowest BCUT2D eigenvalue weighted by Crippen LogP contribution is -2.36. The van der Waals surface area contributed by atoms with Crippen molar-refractivity contribution >= 4 is 21.6 Å². The minimum Gasteiger partial charge on any atom is -0.494 e. The summed E-state index contributed by atoms with van der Waals surface area (Å²) in [6.07, 6.45) is 1.98. The minimum absolute atomic E-state index is 0.102. The van der Waals surface area contributed by atoms with Crippen molar-refractivity contribution in [3.63, 3.8) is 0 Å². The number of likely N-dealkylation sites (tertiary alicyclic amines) is 1. The third-order valence-corrected chi connectivity index (χ3v) is 6.62. The highest BCUT2D eigenvalue weighted by Gasteiger charge is 2.24. The smallest absolute Gasteiger partial charge is 0.263 e. The Morgan fingerprint density at radius 2 is 1.86 bits per heavy atom. The van der Waals surface area contributed by atoms with E-state index in [1.807, 2.05) is 42.7 Å². The van der Waals surface area contributed by atoms with Crippen LogP contribution >= 0.6 is 11.3 Å². The standard InChI is InChI=1S/C22H27N3O2S/c1-5-27-18-8-6-16(7-9-18)19-14(2)28-21-20(19)22(26)25(15(3)23-21)17-10-12-24(4)13-11-17/h6-9,17H,5,10-13H2,1-4H3. The molecule has 0 atom stereocenters. The number of aryl methyl sites for hydroxylation is 2. The molecule has 0 spiro atoms. The van der Waals surface area contributed by atoms with Crippen molar-refractivity contribution < 1.29 is 4.74 Å². The molecule has 0 saturated carbocycles. The van der Waals surface area contributed by atoms with Gasteiger partial charge in [0.2, 0.25) is 0 Å². The Morgan fingerprint density at radius 3 is 2.50 bits per heavy atom. The summed E-state index contributed by atoms with van der Waals surface area (Å²) in [6, 6.07) is 8.25. The zero-order chi connectivity index (χ0) is 19.8. The molecule has 3 heterocycles. The Balaban J connectivity index is 1.85. The Bertz CT molecular complexity index is 1040. The van der Waals surface area contributed by atoms with Crippen molar-refractivity contribution in [2.24, 2.45) is 0 Å². The molecule has 1 fully saturated rings. The molecular formula is C22H27N3O2S. The molecule has 1 aliphatic heterocycles. The summed E-state index contributed by atoms with van der Waals surface area (Å²) in [5.74, 6) is 1.67. The average Bonchev–Trinajstić information content (AvgIpc) is 3.00. The second-order valence-electron chi connectivity index (χ2n) is 7.54. The number of ether oxygens (including phenoxy) is 1. The van der Waals surface area contributed by atoms with Gasteiger partial charge in [-0.1, -0.05) is 12.1 Å². The summed E-state index contributed by atoms with van der Waals surface area (Å²) < 4.78 is 7.51. The zero-order valence-electron chi connectivity index (χ0n) is 17.0. The third kappa shape index (κ3) is 3.35. The van der Waals surface area contributed by atoms with E-state index >= 15 is 0 Å². The quantitative estimate of drug-likeness (QED) is 0.654. The van der Waals surface area contributed by atoms with Gasteiger partial charge >= 0.3 is 0 Å². The molecule has 2 aromatic heterocycles. The lowest BCUT2D eigenvalue weighted by molar-refractivity contribution is 0.216. The summed E-state index contributed by atoms with van der Waals surface area (Å²) in [5.41, 5.74) is 2.16. The molecule has 0 bridgehead atoms. The number of fused-ring (bicyclic) bond motifs is 1. The van der Waals surface area contributed by atoms with Crippen molar-refractivity contribution in [3.05, 3.63) is 45.3 Å². The first kappa shape index (κ1) is 19.2. The monoisotopic (exact) mass is 397 g/mol. The molecule has 0 N–H and O–H groups in total. The number of hydrogen-bond acceptors (Lipinski definition) is 5. The normalized spacial score (nSPS) is 16.0. The second kappa shape index (κ2) is 7.68. The molecule has 5 nitrogen and oxygen atoms in total. The van der Waals surface area contributed by atoms with E-state index in [-0.39, 0.29) is 11.6 Å². The van der Waals surface area contributed by atoms with E-state index in [0.29, 0.717) is 6.61 Å². The number of thiophene rings is 1. The van der Waals surface area contributed by atoms with Crippen molar-refractivity contribution in [3.8, 4) is 16.9 Å². The Morgan fingerprint density at radius 1 is 1.18 bits per heavy atom. The number of nitrogens with zero attached hydrogens (tertiary/aromatic N) is 3. The van der Waals surface area contributed by atoms with Gasteiger partial charge in [0.1, 0.15) is 16.4 Å². The fourth-order valence-electron chi connectivity index (χ4n) is 4.19. The first-order valence-electron chi connectivity index (χ1n) is 9.93. The first-order chi connectivity index (χ1) is 13.5. The maximum atomic E-state index is 13.6. The lowest BCUT2D eigenvalue weighted by atomic mass is 10.0. The number of rotatable bonds is 4. The van der Waals surface area contributed by atoms with Crippen LogP contribution < -0.4 is 10.3 Å². The van der Waals surface area contributed by atoms with E-state index in [1.165, 1.54) is 0 Å². The number of aromatic nitrogens is 2. The maximum absolute atomic E-state index is 13.6. The molecule has 0 unspecified atom stereocenters. The average molecular weight is 398 g/mol. The van der Waals surface area contributed by atoms with Crippen molar-refractivity contribution in [2.75, 3.05) is 26.7 Å². The Labute approximate surface area is 169 Å². The number of benzene rings is 1. The van der Waals surface area contributed by atoms with Gasteiger partial charge in [-0.2, -0.15) is 0 Å². The summed E-state index contributed by atoms with van der Waals surface area (Å²) in [6.45, 7) is 8.69. The molecule has 0 aliphatic carbocycles. The van der Waals surface area contributed by atoms with Crippen LogP contribution in [0.25, 0.3) is 21.3 Å². The fraction of sp³-hybridized carbons (Fsp3) is 0.455. The molecule has 0 amide bonds. The second-order valence-corrected chi connectivity index (χ2v) is 8.74. The van der Waals surface area contributed by atoms with Crippen molar-refractivity contribution in [1.82, 2.24) is 14.5 Å². The van der Waals surface area contributed by atoms with E-state index in [0.717, 1.165) is 63.7 Å². The maximum Gasteiger partial charge on any atom is 0.263 e. The predicted octanol–water partition coefficient (Wildman–Crippen LogP) is 4.41. The Kier molecular flexibility index (Phi) is 5.25. The highest BCUT2D eigenvalue weighted by atomic mass is 32.1. The Hall–Kier alpha value is -2.18. The van der Waals surface area contributed by atoms with Gasteiger partial charge in [-0.15, -0.1) is 11.3 Å². The molecule has 148 valence electrons. The number of piperidine rings is 1. The van der Waals surface area contributed by atoms with Gasteiger partial charge in [-0.25, -0.2) is 4.98 Å². The fourth-order valence-corrected chi connectivity index (χ4v) is 5.27. The predicted molar refractivity (Wildman–Crippen MR) is 116 cm³/mol. The van der Waals surface area contributed by atoms with E-state index < -0.39 is 0 Å². The highest BCUT2D eigenvalue weighted by molar-refractivity contribution is 7.19. The summed E-state index contributed by atoms with van der Waals surface area (Å²) in [7, 11) is 2.14. The topological polar surface area (TPSA) is 47.4 Å². The third-order valence-electron chi connectivity index (χ3n) is 5.62. The van der Waals surface area contributed by atoms with Crippen LogP contribution in [0.2, 0.25) is 0 Å². The van der Waals surface area contributed by atoms with Crippen molar-refractivity contribution in [2.45, 2.75) is 39.7 Å². The van der Waals surface area contributed by atoms with E-state index in [2.05, 4.69) is 18.9 Å². The van der Waals surface area contributed by atoms with Crippen LogP contribution in [-0.4, -0.2) is 41.2 Å². The highest BCUT2D eigenvalue weighted by Crippen LogP contribution is 2.37. The van der Waals surface area contributed by atoms with Crippen LogP contribution in [0.3, 0.4) is 0 Å². The molecular weight excluding hydrogens is 370 g/mol. The zero-order valence-corrected chi connectivity index (χ0v) is 17.8. The molecule has 6 heteroatoms. The van der Waals surface area contributed by atoms with Gasteiger partial charge in [0, 0.05) is 16.5 Å². The van der Waals surface area contributed by atoms with Crippen LogP contribution in [0, 0.1) is 13.8 Å². The van der Waals surface area contributed by atoms with E-state index in [1.54, 1.807) is 11.3 Å². The molecule has 28 heavy (non-hydrogen) atoms. The number of hydrogen-bond donors (Lipinski definition) is 0. The van der Waals surface area contributed by atoms with Crippen LogP contribution in [0.4, 0.5) is 0 Å². The van der Waals surface area contributed by atoms with E-state index in [4.69, 9.17) is 9.72 Å². The SMILES string of the molecule is CCOc1ccc(-c2c(C)sc3nc(C)n(C4CCN(C)CC4)c(=O)c23)cc1. The largest absolute Gasteiger partial charge is 0.494 e. The van der Waals surface area contributed by atoms with Crippen LogP contribution in [-0.2, 0) is 0 Å². The minimum atomic E-state index is 0.102. The van der Waals surface area contributed by atoms with Gasteiger partial charge < -0.3 is 9.64 Å². The van der Waals surface area contributed by atoms with E-state index in [9.17, 15) is 4.79 Å². The molecule has 3 aromatic rings. The van der Waals surface area contributed by atoms with Gasteiger partial charge in [0.05, 0.1) is 12.0 Å². The summed E-state index contributed by atoms with van der Waals surface area (Å²) in [5, 5.41) is 0.760. The van der Waals surface area contributed by atoms with Gasteiger partial charge in [0.25, 0.3) is 5.56 Å². The molecule has 4 rings (SSSR count). The molecule has 1 saturated heterocycles.